The van der Waals surface area contributed by atoms with Crippen molar-refractivity contribution in [3.8, 4) is 11.5 Å². The Hall–Kier alpha value is -0.930. The van der Waals surface area contributed by atoms with Gasteiger partial charge in [-0.1, -0.05) is 11.6 Å². The van der Waals surface area contributed by atoms with Crippen molar-refractivity contribution in [3.05, 3.63) is 22.7 Å². The Kier molecular flexibility index (Phi) is 3.03. The van der Waals surface area contributed by atoms with E-state index < -0.39 is 0 Å². The van der Waals surface area contributed by atoms with Gasteiger partial charge in [0.2, 0.25) is 0 Å². The zero-order valence-electron chi connectivity index (χ0n) is 8.59. The van der Waals surface area contributed by atoms with E-state index in [0.29, 0.717) is 10.8 Å². The number of benzene rings is 1. The van der Waals surface area contributed by atoms with Crippen molar-refractivity contribution in [3.63, 3.8) is 0 Å². The molecule has 1 saturated heterocycles. The normalized spacial score (nSPS) is 20.5. The van der Waals surface area contributed by atoms with Gasteiger partial charge in [0.05, 0.1) is 7.11 Å². The molecule has 1 fully saturated rings. The van der Waals surface area contributed by atoms with Crippen LogP contribution in [0.4, 0.5) is 0 Å². The summed E-state index contributed by atoms with van der Waals surface area (Å²) in [5.41, 5.74) is 0.758. The van der Waals surface area contributed by atoms with Gasteiger partial charge in [0.15, 0.2) is 11.5 Å². The van der Waals surface area contributed by atoms with E-state index in [1.54, 1.807) is 12.1 Å². The minimum atomic E-state index is 0.146. The van der Waals surface area contributed by atoms with Crippen LogP contribution in [-0.4, -0.2) is 18.8 Å². The van der Waals surface area contributed by atoms with Crippen LogP contribution >= 0.6 is 11.6 Å². The summed E-state index contributed by atoms with van der Waals surface area (Å²) in [4.78, 5) is 0. The van der Waals surface area contributed by atoms with Crippen LogP contribution in [0, 0.1) is 0 Å². The number of hydrogen-bond donors (Lipinski definition) is 2. The van der Waals surface area contributed by atoms with Gasteiger partial charge < -0.3 is 15.2 Å². The van der Waals surface area contributed by atoms with Gasteiger partial charge in [0.1, 0.15) is 0 Å². The van der Waals surface area contributed by atoms with E-state index in [2.05, 4.69) is 5.32 Å². The number of hydrogen-bond acceptors (Lipinski definition) is 3. The predicted molar refractivity (Wildman–Crippen MR) is 59.6 cm³/mol. The fraction of sp³-hybridized carbons (Fsp3) is 0.455. The molecule has 0 radical (unpaired) electrons. The number of ether oxygens (including phenoxy) is 1. The number of methoxy groups -OCH3 is 1. The number of halogens is 1. The highest BCUT2D eigenvalue weighted by molar-refractivity contribution is 6.31. The third-order valence-corrected chi connectivity index (χ3v) is 3.09. The summed E-state index contributed by atoms with van der Waals surface area (Å²) >= 11 is 6.08. The zero-order valence-corrected chi connectivity index (χ0v) is 9.34. The number of phenolic OH excluding ortho intramolecular Hbond substituents is 1. The Morgan fingerprint density at radius 2 is 2.33 bits per heavy atom. The lowest BCUT2D eigenvalue weighted by molar-refractivity contribution is 0.367. The molecule has 1 aromatic rings. The molecule has 0 amide bonds. The molecule has 3 nitrogen and oxygen atoms in total. The van der Waals surface area contributed by atoms with E-state index >= 15 is 0 Å². The van der Waals surface area contributed by atoms with Gasteiger partial charge in [-0.3, -0.25) is 0 Å². The standard InChI is InChI=1S/C11H14ClNO2/c1-15-9-5-4-7(12)10(11(9)14)8-3-2-6-13-8/h4-5,8,13-14H,2-3,6H2,1H3. The number of phenols is 1. The second kappa shape index (κ2) is 4.29. The molecule has 0 saturated carbocycles. The zero-order chi connectivity index (χ0) is 10.8. The highest BCUT2D eigenvalue weighted by Crippen LogP contribution is 2.41. The van der Waals surface area contributed by atoms with Crippen LogP contribution in [-0.2, 0) is 0 Å². The summed E-state index contributed by atoms with van der Waals surface area (Å²) in [5, 5.41) is 13.9. The van der Waals surface area contributed by atoms with Crippen molar-refractivity contribution in [1.29, 1.82) is 0 Å². The first-order valence-corrected chi connectivity index (χ1v) is 5.40. The number of nitrogens with one attached hydrogen (secondary N) is 1. The maximum Gasteiger partial charge on any atom is 0.164 e. The molecule has 1 aromatic carbocycles. The highest BCUT2D eigenvalue weighted by Gasteiger charge is 2.23. The van der Waals surface area contributed by atoms with E-state index in [0.717, 1.165) is 24.9 Å². The predicted octanol–water partition coefficient (Wildman–Crippen LogP) is 2.48. The molecular weight excluding hydrogens is 214 g/mol. The van der Waals surface area contributed by atoms with Crippen LogP contribution in [0.3, 0.4) is 0 Å². The second-order valence-electron chi connectivity index (χ2n) is 3.66. The highest BCUT2D eigenvalue weighted by atomic mass is 35.5. The first kappa shape index (κ1) is 10.6. The van der Waals surface area contributed by atoms with Crippen molar-refractivity contribution in [2.24, 2.45) is 0 Å². The molecule has 0 bridgehead atoms. The quantitative estimate of drug-likeness (QED) is 0.816. The summed E-state index contributed by atoms with van der Waals surface area (Å²) in [6.45, 7) is 0.970. The van der Waals surface area contributed by atoms with Crippen molar-refractivity contribution in [2.45, 2.75) is 18.9 Å². The van der Waals surface area contributed by atoms with Gasteiger partial charge >= 0.3 is 0 Å². The molecule has 1 atom stereocenters. The van der Waals surface area contributed by atoms with Gasteiger partial charge in [0.25, 0.3) is 0 Å². The van der Waals surface area contributed by atoms with E-state index in [-0.39, 0.29) is 11.8 Å². The first-order valence-electron chi connectivity index (χ1n) is 5.02. The largest absolute Gasteiger partial charge is 0.504 e. The lowest BCUT2D eigenvalue weighted by Gasteiger charge is -2.16. The van der Waals surface area contributed by atoms with E-state index in [1.165, 1.54) is 7.11 Å². The molecule has 15 heavy (non-hydrogen) atoms. The summed E-state index contributed by atoms with van der Waals surface area (Å²) in [6, 6.07) is 3.58. The van der Waals surface area contributed by atoms with Crippen LogP contribution in [0.5, 0.6) is 11.5 Å². The summed E-state index contributed by atoms with van der Waals surface area (Å²) in [5.74, 6) is 0.632. The Balaban J connectivity index is 2.43. The van der Waals surface area contributed by atoms with Crippen molar-refractivity contribution >= 4 is 11.6 Å². The lowest BCUT2D eigenvalue weighted by atomic mass is 10.0. The van der Waals surface area contributed by atoms with E-state index in [9.17, 15) is 5.11 Å². The van der Waals surface area contributed by atoms with Gasteiger partial charge in [-0.15, -0.1) is 0 Å². The smallest absolute Gasteiger partial charge is 0.164 e. The van der Waals surface area contributed by atoms with E-state index in [4.69, 9.17) is 16.3 Å². The molecule has 82 valence electrons. The minimum Gasteiger partial charge on any atom is -0.504 e. The van der Waals surface area contributed by atoms with Gasteiger partial charge in [-0.25, -0.2) is 0 Å². The fourth-order valence-corrected chi connectivity index (χ4v) is 2.27. The Morgan fingerprint density at radius 3 is 2.93 bits per heavy atom. The molecule has 4 heteroatoms. The van der Waals surface area contributed by atoms with Crippen LogP contribution in [0.25, 0.3) is 0 Å². The Labute approximate surface area is 94.0 Å². The molecule has 0 aromatic heterocycles. The maximum absolute atomic E-state index is 9.98. The van der Waals surface area contributed by atoms with Gasteiger partial charge in [-0.2, -0.15) is 0 Å². The molecule has 1 heterocycles. The van der Waals surface area contributed by atoms with E-state index in [1.807, 2.05) is 0 Å². The molecule has 2 rings (SSSR count). The topological polar surface area (TPSA) is 41.5 Å². The molecule has 0 aliphatic carbocycles. The molecule has 1 aliphatic rings. The summed E-state index contributed by atoms with van der Waals surface area (Å²) in [7, 11) is 1.54. The molecular formula is C11H14ClNO2. The van der Waals surface area contributed by atoms with Crippen LogP contribution in [0.1, 0.15) is 24.4 Å². The maximum atomic E-state index is 9.98. The van der Waals surface area contributed by atoms with Crippen molar-refractivity contribution in [1.82, 2.24) is 5.32 Å². The summed E-state index contributed by atoms with van der Waals surface area (Å²) < 4.78 is 5.06. The van der Waals surface area contributed by atoms with Crippen molar-refractivity contribution in [2.75, 3.05) is 13.7 Å². The van der Waals surface area contributed by atoms with Crippen LogP contribution < -0.4 is 10.1 Å². The average molecular weight is 228 g/mol. The van der Waals surface area contributed by atoms with Crippen LogP contribution in [0.15, 0.2) is 12.1 Å². The molecule has 1 aliphatic heterocycles. The fourth-order valence-electron chi connectivity index (χ4n) is 1.99. The lowest BCUT2D eigenvalue weighted by Crippen LogP contribution is -2.13. The van der Waals surface area contributed by atoms with Crippen molar-refractivity contribution < 1.29 is 9.84 Å². The Bertz CT molecular complexity index is 362. The molecule has 1 unspecified atom stereocenters. The van der Waals surface area contributed by atoms with Crippen LogP contribution in [0.2, 0.25) is 5.02 Å². The summed E-state index contributed by atoms with van der Waals surface area (Å²) in [6.07, 6.45) is 2.11. The number of aromatic hydroxyl groups is 1. The second-order valence-corrected chi connectivity index (χ2v) is 4.07. The SMILES string of the molecule is COc1ccc(Cl)c(C2CCCN2)c1O. The third kappa shape index (κ3) is 1.90. The molecule has 0 spiro atoms. The average Bonchev–Trinajstić information content (AvgIpc) is 2.71. The Morgan fingerprint density at radius 1 is 1.53 bits per heavy atom. The molecule has 2 N–H and O–H groups in total. The first-order chi connectivity index (χ1) is 7.24. The third-order valence-electron chi connectivity index (χ3n) is 2.76. The number of rotatable bonds is 2. The van der Waals surface area contributed by atoms with Gasteiger partial charge in [-0.05, 0) is 31.5 Å². The minimum absolute atomic E-state index is 0.146. The van der Waals surface area contributed by atoms with Gasteiger partial charge in [0, 0.05) is 16.6 Å². The monoisotopic (exact) mass is 227 g/mol.